The molecule has 1 aromatic carbocycles. The summed E-state index contributed by atoms with van der Waals surface area (Å²) in [6.45, 7) is 5.30. The monoisotopic (exact) mass is 498 g/mol. The zero-order valence-corrected chi connectivity index (χ0v) is 20.4. The van der Waals surface area contributed by atoms with Crippen molar-refractivity contribution in [1.82, 2.24) is 14.4 Å². The third-order valence-electron chi connectivity index (χ3n) is 6.21. The SMILES string of the molecule is CCOCCCCC(=O)c1ccc(Cc2nccn3c(C4=CCN=C4C(F)(F)F)cnc23)cc1CC. The van der Waals surface area contributed by atoms with Gasteiger partial charge in [-0.15, -0.1) is 0 Å². The van der Waals surface area contributed by atoms with Gasteiger partial charge in [-0.3, -0.25) is 19.2 Å². The summed E-state index contributed by atoms with van der Waals surface area (Å²) in [4.78, 5) is 25.2. The average molecular weight is 499 g/mol. The van der Waals surface area contributed by atoms with Gasteiger partial charge in [0.15, 0.2) is 11.4 Å². The Hall–Kier alpha value is -3.33. The van der Waals surface area contributed by atoms with E-state index in [0.29, 0.717) is 49.5 Å². The number of benzene rings is 1. The first kappa shape index (κ1) is 25.8. The number of unbranched alkanes of at least 4 members (excludes halogenated alkanes) is 1. The Kier molecular flexibility index (Phi) is 7.98. The normalized spacial score (nSPS) is 13.8. The predicted molar refractivity (Wildman–Crippen MR) is 133 cm³/mol. The Morgan fingerprint density at radius 2 is 2.00 bits per heavy atom. The Balaban J connectivity index is 1.54. The molecule has 0 spiro atoms. The molecule has 0 radical (unpaired) electrons. The Morgan fingerprint density at radius 3 is 2.75 bits per heavy atom. The fourth-order valence-corrected chi connectivity index (χ4v) is 4.46. The molecule has 1 aliphatic heterocycles. The van der Waals surface area contributed by atoms with Gasteiger partial charge in [0.25, 0.3) is 0 Å². The van der Waals surface area contributed by atoms with E-state index in [4.69, 9.17) is 4.74 Å². The fourth-order valence-electron chi connectivity index (χ4n) is 4.46. The second-order valence-electron chi connectivity index (χ2n) is 8.61. The summed E-state index contributed by atoms with van der Waals surface area (Å²) in [5.41, 5.74) is 3.29. The van der Waals surface area contributed by atoms with Crippen molar-refractivity contribution >= 4 is 22.7 Å². The van der Waals surface area contributed by atoms with Crippen molar-refractivity contribution in [3.05, 3.63) is 70.9 Å². The molecule has 0 fully saturated rings. The molecular weight excluding hydrogens is 469 g/mol. The molecule has 0 atom stereocenters. The van der Waals surface area contributed by atoms with Gasteiger partial charge < -0.3 is 4.74 Å². The van der Waals surface area contributed by atoms with Gasteiger partial charge in [0.1, 0.15) is 5.71 Å². The van der Waals surface area contributed by atoms with Crippen LogP contribution in [0.4, 0.5) is 13.2 Å². The highest BCUT2D eigenvalue weighted by molar-refractivity contribution is 6.27. The number of halogens is 3. The third kappa shape index (κ3) is 5.56. The van der Waals surface area contributed by atoms with E-state index in [1.165, 1.54) is 12.3 Å². The maximum absolute atomic E-state index is 13.4. The van der Waals surface area contributed by atoms with Crippen LogP contribution in [0.1, 0.15) is 66.0 Å². The van der Waals surface area contributed by atoms with Crippen LogP contribution in [0.2, 0.25) is 0 Å². The number of alkyl halides is 3. The molecule has 3 aromatic rings. The van der Waals surface area contributed by atoms with Crippen LogP contribution in [-0.2, 0) is 17.6 Å². The minimum atomic E-state index is -4.53. The van der Waals surface area contributed by atoms with E-state index >= 15 is 0 Å². The number of rotatable bonds is 11. The summed E-state index contributed by atoms with van der Waals surface area (Å²) in [6.07, 6.45) is 4.83. The van der Waals surface area contributed by atoms with Crippen molar-refractivity contribution in [3.8, 4) is 0 Å². The zero-order chi connectivity index (χ0) is 25.7. The van der Waals surface area contributed by atoms with E-state index in [2.05, 4.69) is 15.0 Å². The van der Waals surface area contributed by atoms with Crippen molar-refractivity contribution in [2.45, 2.75) is 52.1 Å². The number of allylic oxidation sites excluding steroid dienone is 1. The van der Waals surface area contributed by atoms with Crippen molar-refractivity contribution in [1.29, 1.82) is 0 Å². The molecule has 0 bridgehead atoms. The molecule has 1 aliphatic rings. The van der Waals surface area contributed by atoms with Gasteiger partial charge >= 0.3 is 6.18 Å². The van der Waals surface area contributed by atoms with Crippen LogP contribution in [0.5, 0.6) is 0 Å². The van der Waals surface area contributed by atoms with Gasteiger partial charge in [-0.05, 0) is 37.3 Å². The van der Waals surface area contributed by atoms with E-state index in [1.54, 1.807) is 16.8 Å². The highest BCUT2D eigenvalue weighted by Gasteiger charge is 2.40. The first-order valence-electron chi connectivity index (χ1n) is 12.2. The topological polar surface area (TPSA) is 68.8 Å². The molecule has 6 nitrogen and oxygen atoms in total. The van der Waals surface area contributed by atoms with E-state index in [9.17, 15) is 18.0 Å². The molecule has 4 rings (SSSR count). The number of aliphatic imine (C=N–C) groups is 1. The Morgan fingerprint density at radius 1 is 1.17 bits per heavy atom. The summed E-state index contributed by atoms with van der Waals surface area (Å²) in [5, 5.41) is 0. The van der Waals surface area contributed by atoms with Gasteiger partial charge in [0.05, 0.1) is 24.1 Å². The lowest BCUT2D eigenvalue weighted by molar-refractivity contribution is -0.0571. The number of hydrogen-bond donors (Lipinski definition) is 0. The number of ketones is 1. The summed E-state index contributed by atoms with van der Waals surface area (Å²) in [6, 6.07) is 5.79. The lowest BCUT2D eigenvalue weighted by Crippen LogP contribution is -2.23. The highest BCUT2D eigenvalue weighted by Crippen LogP contribution is 2.32. The van der Waals surface area contributed by atoms with Crippen LogP contribution in [0.25, 0.3) is 11.2 Å². The molecule has 2 aromatic heterocycles. The maximum atomic E-state index is 13.4. The Bertz CT molecular complexity index is 1310. The molecule has 0 aliphatic carbocycles. The number of nitrogens with zero attached hydrogens (tertiary/aromatic N) is 4. The van der Waals surface area contributed by atoms with Gasteiger partial charge in [-0.1, -0.05) is 31.2 Å². The molecule has 0 saturated heterocycles. The van der Waals surface area contributed by atoms with Crippen molar-refractivity contribution in [2.24, 2.45) is 4.99 Å². The fraction of sp³-hybridized carbons (Fsp3) is 0.407. The van der Waals surface area contributed by atoms with Gasteiger partial charge in [-0.25, -0.2) is 4.98 Å². The number of fused-ring (bicyclic) bond motifs is 1. The third-order valence-corrected chi connectivity index (χ3v) is 6.21. The number of Topliss-reactive ketones (excluding diaryl/α,β-unsaturated/α-hetero) is 1. The molecule has 190 valence electrons. The molecular formula is C27H29F3N4O2. The average Bonchev–Trinajstić information content (AvgIpc) is 3.51. The quantitative estimate of drug-likeness (QED) is 0.252. The van der Waals surface area contributed by atoms with Crippen LogP contribution in [0.15, 0.2) is 47.9 Å². The number of imidazole rings is 1. The lowest BCUT2D eigenvalue weighted by atomic mass is 9.95. The van der Waals surface area contributed by atoms with Crippen LogP contribution >= 0.6 is 0 Å². The highest BCUT2D eigenvalue weighted by atomic mass is 19.4. The largest absolute Gasteiger partial charge is 0.433 e. The molecule has 0 amide bonds. The van der Waals surface area contributed by atoms with Crippen LogP contribution in [-0.4, -0.2) is 51.8 Å². The van der Waals surface area contributed by atoms with Crippen LogP contribution < -0.4 is 0 Å². The number of aromatic nitrogens is 3. The number of carbonyl (C=O) groups is 1. The maximum Gasteiger partial charge on any atom is 0.433 e. The lowest BCUT2D eigenvalue weighted by Gasteiger charge is -2.12. The smallest absolute Gasteiger partial charge is 0.382 e. The van der Waals surface area contributed by atoms with Gasteiger partial charge in [-0.2, -0.15) is 13.2 Å². The van der Waals surface area contributed by atoms with E-state index in [0.717, 1.165) is 29.5 Å². The van der Waals surface area contributed by atoms with Crippen molar-refractivity contribution in [2.75, 3.05) is 19.8 Å². The van der Waals surface area contributed by atoms with Crippen LogP contribution in [0, 0.1) is 0 Å². The van der Waals surface area contributed by atoms with E-state index in [1.807, 2.05) is 32.0 Å². The van der Waals surface area contributed by atoms with Crippen molar-refractivity contribution < 1.29 is 22.7 Å². The van der Waals surface area contributed by atoms with E-state index < -0.39 is 11.9 Å². The number of ether oxygens (including phenoxy) is 1. The molecule has 0 unspecified atom stereocenters. The second kappa shape index (κ2) is 11.2. The zero-order valence-electron chi connectivity index (χ0n) is 20.4. The predicted octanol–water partition coefficient (Wildman–Crippen LogP) is 5.67. The molecule has 0 N–H and O–H groups in total. The summed E-state index contributed by atoms with van der Waals surface area (Å²) in [5.74, 6) is 0.125. The number of aryl methyl sites for hydroxylation is 1. The van der Waals surface area contributed by atoms with Crippen LogP contribution in [0.3, 0.4) is 0 Å². The summed E-state index contributed by atoms with van der Waals surface area (Å²) < 4.78 is 47.2. The second-order valence-corrected chi connectivity index (χ2v) is 8.61. The molecule has 3 heterocycles. The summed E-state index contributed by atoms with van der Waals surface area (Å²) in [7, 11) is 0. The minimum Gasteiger partial charge on any atom is -0.382 e. The van der Waals surface area contributed by atoms with E-state index in [-0.39, 0.29) is 17.9 Å². The molecule has 36 heavy (non-hydrogen) atoms. The van der Waals surface area contributed by atoms with Crippen molar-refractivity contribution in [3.63, 3.8) is 0 Å². The van der Waals surface area contributed by atoms with Gasteiger partial charge in [0.2, 0.25) is 0 Å². The molecule has 9 heteroatoms. The number of carbonyl (C=O) groups excluding carboxylic acids is 1. The summed E-state index contributed by atoms with van der Waals surface area (Å²) >= 11 is 0. The standard InChI is InChI=1S/C27H29F3N4O2/c1-3-19-15-18(8-9-20(19)24(35)7-5-6-14-36-4-2)16-22-26-33-17-23(34(26)13-12-31-22)21-10-11-32-25(21)27(28,29)30/h8-10,12-13,15,17H,3-7,11,14,16H2,1-2H3. The molecule has 0 saturated carbocycles. The number of hydrogen-bond acceptors (Lipinski definition) is 5. The van der Waals surface area contributed by atoms with Gasteiger partial charge in [0, 0.05) is 49.6 Å². The first-order valence-corrected chi connectivity index (χ1v) is 12.2. The Labute approximate surface area is 207 Å². The minimum absolute atomic E-state index is 0.00721. The first-order chi connectivity index (χ1) is 17.3.